The molecular weight excluding hydrogens is 278 g/mol. The van der Waals surface area contributed by atoms with Gasteiger partial charge in [0.05, 0.1) is 12.1 Å². The van der Waals surface area contributed by atoms with E-state index >= 15 is 0 Å². The molecule has 0 unspecified atom stereocenters. The van der Waals surface area contributed by atoms with Crippen molar-refractivity contribution < 1.29 is 33.4 Å². The second-order valence-electron chi connectivity index (χ2n) is 3.69. The number of nitrogens with one attached hydrogen (secondary N) is 2. The molecule has 0 heterocycles. The first-order valence-corrected chi connectivity index (χ1v) is 5.27. The first-order chi connectivity index (χ1) is 9.31. The number of carbonyl (C=O) groups is 3. The third-order valence-electron chi connectivity index (χ3n) is 2.18. The summed E-state index contributed by atoms with van der Waals surface area (Å²) in [6.07, 6.45) is -0.853. The van der Waals surface area contributed by atoms with E-state index in [1.54, 1.807) is 0 Å². The number of carboxylic acid groups (broad SMARTS) is 2. The van der Waals surface area contributed by atoms with Crippen molar-refractivity contribution in [3.63, 3.8) is 0 Å². The highest BCUT2D eigenvalue weighted by Crippen LogP contribution is 2.16. The third-order valence-corrected chi connectivity index (χ3v) is 2.18. The Morgan fingerprint density at radius 3 is 2.40 bits per heavy atom. The van der Waals surface area contributed by atoms with Crippen molar-refractivity contribution >= 4 is 23.7 Å². The van der Waals surface area contributed by atoms with Crippen molar-refractivity contribution in [2.24, 2.45) is 0 Å². The zero-order valence-corrected chi connectivity index (χ0v) is 9.89. The highest BCUT2D eigenvalue weighted by Gasteiger charge is 2.23. The van der Waals surface area contributed by atoms with Gasteiger partial charge in [0, 0.05) is 0 Å². The average Bonchev–Trinajstić information content (AvgIpc) is 2.33. The molecule has 9 heteroatoms. The van der Waals surface area contributed by atoms with E-state index in [2.05, 4.69) is 0 Å². The Bertz CT molecular complexity index is 550. The fourth-order valence-electron chi connectivity index (χ4n) is 1.29. The molecule has 7 nitrogen and oxygen atoms in total. The minimum atomic E-state index is -1.69. The fraction of sp³-hybridized carbons (Fsp3) is 0.182. The van der Waals surface area contributed by atoms with Crippen LogP contribution < -0.4 is 10.6 Å². The van der Waals surface area contributed by atoms with E-state index in [0.717, 1.165) is 18.2 Å². The van der Waals surface area contributed by atoms with Gasteiger partial charge in [-0.05, 0) is 12.1 Å². The van der Waals surface area contributed by atoms with Gasteiger partial charge in [0.2, 0.25) is 0 Å². The Kier molecular flexibility index (Phi) is 4.95. The first-order valence-electron chi connectivity index (χ1n) is 5.27. The van der Waals surface area contributed by atoms with Crippen molar-refractivity contribution in [1.29, 1.82) is 0 Å². The maximum Gasteiger partial charge on any atom is 0.326 e. The second-order valence-corrected chi connectivity index (χ2v) is 3.69. The molecule has 0 aromatic heterocycles. The molecule has 20 heavy (non-hydrogen) atoms. The lowest BCUT2D eigenvalue weighted by Crippen LogP contribution is -2.44. The molecule has 0 saturated carbocycles. The van der Waals surface area contributed by atoms with Crippen LogP contribution in [-0.2, 0) is 9.59 Å². The molecule has 0 radical (unpaired) electrons. The average molecular weight is 288 g/mol. The Balaban J connectivity index is 2.73. The maximum absolute atomic E-state index is 13.2. The number of halogens is 2. The van der Waals surface area contributed by atoms with Gasteiger partial charge in [-0.1, -0.05) is 6.07 Å². The molecule has 1 atom stereocenters. The van der Waals surface area contributed by atoms with Crippen molar-refractivity contribution in [3.8, 4) is 0 Å². The number of amides is 2. The van der Waals surface area contributed by atoms with E-state index in [9.17, 15) is 23.2 Å². The Labute approximate surface area is 111 Å². The summed E-state index contributed by atoms with van der Waals surface area (Å²) < 4.78 is 26.1. The monoisotopic (exact) mass is 288 g/mol. The van der Waals surface area contributed by atoms with Crippen LogP contribution in [0, 0.1) is 11.6 Å². The molecule has 1 aromatic carbocycles. The van der Waals surface area contributed by atoms with Crippen LogP contribution in [0.3, 0.4) is 0 Å². The highest BCUT2D eigenvalue weighted by molar-refractivity contribution is 5.93. The van der Waals surface area contributed by atoms with Crippen molar-refractivity contribution in [3.05, 3.63) is 29.8 Å². The van der Waals surface area contributed by atoms with Crippen LogP contribution in [0.2, 0.25) is 0 Å². The number of hydrogen-bond donors (Lipinski definition) is 4. The lowest BCUT2D eigenvalue weighted by molar-refractivity contribution is -0.145. The van der Waals surface area contributed by atoms with E-state index in [1.165, 1.54) is 0 Å². The summed E-state index contributed by atoms with van der Waals surface area (Å²) in [4.78, 5) is 32.5. The Morgan fingerprint density at radius 2 is 1.85 bits per heavy atom. The number of urea groups is 1. The topological polar surface area (TPSA) is 116 Å². The van der Waals surface area contributed by atoms with E-state index in [1.807, 2.05) is 10.6 Å². The van der Waals surface area contributed by atoms with Gasteiger partial charge in [-0.15, -0.1) is 0 Å². The number of anilines is 1. The predicted molar refractivity (Wildman–Crippen MR) is 62.2 cm³/mol. The van der Waals surface area contributed by atoms with Crippen LogP contribution in [0.1, 0.15) is 6.42 Å². The number of carbonyl (C=O) groups excluding carboxylic acids is 1. The summed E-state index contributed by atoms with van der Waals surface area (Å²) >= 11 is 0. The Morgan fingerprint density at radius 1 is 1.20 bits per heavy atom. The molecule has 1 rings (SSSR count). The SMILES string of the molecule is O=C(O)C[C@H](NC(=O)Nc1cccc(F)c1F)C(=O)O. The summed E-state index contributed by atoms with van der Waals surface area (Å²) in [7, 11) is 0. The molecule has 0 aliphatic rings. The molecule has 0 bridgehead atoms. The van der Waals surface area contributed by atoms with Gasteiger partial charge in [0.15, 0.2) is 11.6 Å². The predicted octanol–water partition coefficient (Wildman–Crippen LogP) is 1.01. The van der Waals surface area contributed by atoms with Crippen molar-refractivity contribution in [2.75, 3.05) is 5.32 Å². The number of hydrogen-bond acceptors (Lipinski definition) is 3. The standard InChI is InChI=1S/C11H10F2N2O5/c12-5-2-1-3-6(9(5)13)14-11(20)15-7(10(18)19)4-8(16)17/h1-3,7H,4H2,(H,16,17)(H,18,19)(H2,14,15,20)/t7-/m0/s1. The summed E-state index contributed by atoms with van der Waals surface area (Å²) in [5.41, 5.74) is -0.498. The first kappa shape index (κ1) is 15.3. The maximum atomic E-state index is 13.2. The van der Waals surface area contributed by atoms with Gasteiger partial charge in [-0.25, -0.2) is 18.4 Å². The molecule has 2 amide bonds. The normalized spacial score (nSPS) is 11.5. The molecule has 108 valence electrons. The summed E-state index contributed by atoms with van der Waals surface area (Å²) in [5.74, 6) is -5.51. The number of rotatable bonds is 5. The van der Waals surface area contributed by atoms with E-state index in [0.29, 0.717) is 0 Å². The molecule has 0 spiro atoms. The van der Waals surface area contributed by atoms with Gasteiger partial charge in [0.1, 0.15) is 6.04 Å². The minimum Gasteiger partial charge on any atom is -0.481 e. The van der Waals surface area contributed by atoms with E-state index in [4.69, 9.17) is 10.2 Å². The van der Waals surface area contributed by atoms with Gasteiger partial charge in [-0.2, -0.15) is 0 Å². The minimum absolute atomic E-state index is 0.498. The van der Waals surface area contributed by atoms with Crippen LogP contribution in [0.4, 0.5) is 19.3 Å². The number of aliphatic carboxylic acids is 2. The van der Waals surface area contributed by atoms with Crippen LogP contribution in [-0.4, -0.2) is 34.2 Å². The van der Waals surface area contributed by atoms with Gasteiger partial charge < -0.3 is 20.8 Å². The van der Waals surface area contributed by atoms with Gasteiger partial charge in [0.25, 0.3) is 0 Å². The third kappa shape index (κ3) is 4.19. The lowest BCUT2D eigenvalue weighted by atomic mass is 10.2. The zero-order valence-electron chi connectivity index (χ0n) is 9.89. The zero-order chi connectivity index (χ0) is 15.3. The van der Waals surface area contributed by atoms with Crippen LogP contribution >= 0.6 is 0 Å². The summed E-state index contributed by atoms with van der Waals surface area (Å²) in [6.45, 7) is 0. The van der Waals surface area contributed by atoms with Crippen LogP contribution in [0.5, 0.6) is 0 Å². The molecule has 1 aromatic rings. The van der Waals surface area contributed by atoms with Gasteiger partial charge in [-0.3, -0.25) is 4.79 Å². The molecular formula is C11H10F2N2O5. The quantitative estimate of drug-likeness (QED) is 0.645. The lowest BCUT2D eigenvalue weighted by Gasteiger charge is -2.13. The summed E-state index contributed by atoms with van der Waals surface area (Å²) in [6, 6.07) is 0.181. The van der Waals surface area contributed by atoms with Crippen LogP contribution in [0.25, 0.3) is 0 Å². The molecule has 4 N–H and O–H groups in total. The summed E-state index contributed by atoms with van der Waals surface area (Å²) in [5, 5.41) is 20.9. The number of benzene rings is 1. The smallest absolute Gasteiger partial charge is 0.326 e. The van der Waals surface area contributed by atoms with Crippen LogP contribution in [0.15, 0.2) is 18.2 Å². The molecule has 0 aliphatic heterocycles. The van der Waals surface area contributed by atoms with E-state index in [-0.39, 0.29) is 0 Å². The Hall–Kier alpha value is -2.71. The highest BCUT2D eigenvalue weighted by atomic mass is 19.2. The number of carboxylic acids is 2. The molecule has 0 fully saturated rings. The van der Waals surface area contributed by atoms with Crippen molar-refractivity contribution in [2.45, 2.75) is 12.5 Å². The largest absolute Gasteiger partial charge is 0.481 e. The molecule has 0 saturated heterocycles. The second kappa shape index (κ2) is 6.45. The van der Waals surface area contributed by atoms with Gasteiger partial charge >= 0.3 is 18.0 Å². The fourth-order valence-corrected chi connectivity index (χ4v) is 1.29. The van der Waals surface area contributed by atoms with Crippen molar-refractivity contribution in [1.82, 2.24) is 5.32 Å². The van der Waals surface area contributed by atoms with E-state index < -0.39 is 47.8 Å². The molecule has 0 aliphatic carbocycles.